The Hall–Kier alpha value is -2.64. The third kappa shape index (κ3) is 3.89. The third-order valence-corrected chi connectivity index (χ3v) is 5.56. The molecule has 2 N–H and O–H groups in total. The first-order valence-electron chi connectivity index (χ1n) is 9.10. The van der Waals surface area contributed by atoms with Gasteiger partial charge in [0.2, 0.25) is 0 Å². The molecule has 1 aromatic rings. The summed E-state index contributed by atoms with van der Waals surface area (Å²) in [5.41, 5.74) is -0.759. The summed E-state index contributed by atoms with van der Waals surface area (Å²) in [7, 11) is 3.13. The zero-order chi connectivity index (χ0) is 19.4. The van der Waals surface area contributed by atoms with Crippen molar-refractivity contribution in [1.29, 1.82) is 0 Å². The van der Waals surface area contributed by atoms with E-state index >= 15 is 0 Å². The Morgan fingerprint density at radius 2 is 1.89 bits per heavy atom. The molecule has 2 amide bonds. The molecule has 27 heavy (non-hydrogen) atoms. The van der Waals surface area contributed by atoms with Crippen molar-refractivity contribution in [2.24, 2.45) is 11.3 Å². The number of amides is 2. The second-order valence-electron chi connectivity index (χ2n) is 7.06. The van der Waals surface area contributed by atoms with Crippen molar-refractivity contribution in [3.05, 3.63) is 18.2 Å². The zero-order valence-corrected chi connectivity index (χ0v) is 15.7. The second-order valence-corrected chi connectivity index (χ2v) is 7.06. The third-order valence-electron chi connectivity index (χ3n) is 5.56. The highest BCUT2D eigenvalue weighted by Crippen LogP contribution is 2.48. The van der Waals surface area contributed by atoms with E-state index in [-0.39, 0.29) is 25.1 Å². The fourth-order valence-corrected chi connectivity index (χ4v) is 4.10. The molecular formula is C19H26N2O6. The first kappa shape index (κ1) is 19.1. The van der Waals surface area contributed by atoms with Crippen LogP contribution < -0.4 is 19.5 Å². The molecule has 1 saturated carbocycles. The normalized spacial score (nSPS) is 23.6. The number of likely N-dealkylation sites (tertiary alicyclic amines) is 1. The molecule has 3 rings (SSSR count). The summed E-state index contributed by atoms with van der Waals surface area (Å²) in [4.78, 5) is 25.7. The average Bonchev–Trinajstić information content (AvgIpc) is 3.23. The highest BCUT2D eigenvalue weighted by Gasteiger charge is 2.55. The van der Waals surface area contributed by atoms with Gasteiger partial charge in [0.1, 0.15) is 23.9 Å². The summed E-state index contributed by atoms with van der Waals surface area (Å²) in [6, 6.07) is 4.99. The molecule has 0 aromatic heterocycles. The van der Waals surface area contributed by atoms with E-state index in [4.69, 9.17) is 14.2 Å². The standard InChI is InChI=1S/C19H26N2O6/c1-25-14-8-15(26-2)10-16(9-14)27-7-6-20-18(24)21-11-13-4-3-5-19(13,12-21)17(22)23/h8-10,13H,3-7,11-12H2,1-2H3,(H,20,24)(H,22,23)/t13-,19+/m0/s1. The number of hydrogen-bond donors (Lipinski definition) is 2. The highest BCUT2D eigenvalue weighted by atomic mass is 16.5. The molecule has 0 unspecified atom stereocenters. The number of carbonyl (C=O) groups excluding carboxylic acids is 1. The van der Waals surface area contributed by atoms with Crippen LogP contribution in [0.2, 0.25) is 0 Å². The number of nitrogens with zero attached hydrogens (tertiary/aromatic N) is 1. The summed E-state index contributed by atoms with van der Waals surface area (Å²) >= 11 is 0. The van der Waals surface area contributed by atoms with E-state index in [0.29, 0.717) is 36.8 Å². The first-order valence-corrected chi connectivity index (χ1v) is 9.10. The van der Waals surface area contributed by atoms with Crippen LogP contribution in [0.5, 0.6) is 17.2 Å². The average molecular weight is 378 g/mol. The zero-order valence-electron chi connectivity index (χ0n) is 15.7. The molecule has 0 spiro atoms. The molecule has 148 valence electrons. The Morgan fingerprint density at radius 3 is 2.48 bits per heavy atom. The Bertz CT molecular complexity index is 687. The minimum atomic E-state index is -0.782. The lowest BCUT2D eigenvalue weighted by molar-refractivity contribution is -0.149. The van der Waals surface area contributed by atoms with Crippen molar-refractivity contribution >= 4 is 12.0 Å². The van der Waals surface area contributed by atoms with E-state index in [1.807, 2.05) is 0 Å². The van der Waals surface area contributed by atoms with Crippen molar-refractivity contribution in [1.82, 2.24) is 10.2 Å². The fourth-order valence-electron chi connectivity index (χ4n) is 4.10. The number of rotatable bonds is 7. The van der Waals surface area contributed by atoms with Gasteiger partial charge in [-0.15, -0.1) is 0 Å². The van der Waals surface area contributed by atoms with Gasteiger partial charge >= 0.3 is 12.0 Å². The number of nitrogens with one attached hydrogen (secondary N) is 1. The minimum absolute atomic E-state index is 0.0567. The second kappa shape index (κ2) is 7.94. The SMILES string of the molecule is COc1cc(OC)cc(OCCNC(=O)N2C[C@@H]3CCC[C@@]3(C(=O)O)C2)c1. The lowest BCUT2D eigenvalue weighted by Gasteiger charge is -2.23. The molecule has 8 nitrogen and oxygen atoms in total. The Morgan fingerprint density at radius 1 is 1.22 bits per heavy atom. The number of aliphatic carboxylic acids is 1. The number of carboxylic acids is 1. The van der Waals surface area contributed by atoms with Gasteiger partial charge in [0.25, 0.3) is 0 Å². The van der Waals surface area contributed by atoms with E-state index in [2.05, 4.69) is 5.32 Å². The molecule has 0 radical (unpaired) electrons. The lowest BCUT2D eigenvalue weighted by atomic mass is 9.81. The quantitative estimate of drug-likeness (QED) is 0.704. The van der Waals surface area contributed by atoms with E-state index in [9.17, 15) is 14.7 Å². The Labute approximate surface area is 158 Å². The summed E-state index contributed by atoms with van der Waals surface area (Å²) in [5.74, 6) is 1.10. The van der Waals surface area contributed by atoms with Crippen molar-refractivity contribution in [2.75, 3.05) is 40.5 Å². The maximum Gasteiger partial charge on any atom is 0.317 e. The van der Waals surface area contributed by atoms with Crippen molar-refractivity contribution in [3.8, 4) is 17.2 Å². The van der Waals surface area contributed by atoms with E-state index in [1.165, 1.54) is 0 Å². The summed E-state index contributed by atoms with van der Waals surface area (Å²) in [5, 5.41) is 12.4. The maximum absolute atomic E-state index is 12.4. The molecule has 1 heterocycles. The van der Waals surface area contributed by atoms with E-state index in [0.717, 1.165) is 12.8 Å². The van der Waals surface area contributed by atoms with E-state index < -0.39 is 11.4 Å². The highest BCUT2D eigenvalue weighted by molar-refractivity contribution is 5.80. The molecule has 1 aliphatic carbocycles. The van der Waals surface area contributed by atoms with Gasteiger partial charge in [-0.05, 0) is 18.8 Å². The smallest absolute Gasteiger partial charge is 0.317 e. The van der Waals surface area contributed by atoms with Crippen LogP contribution in [-0.2, 0) is 4.79 Å². The molecule has 1 aliphatic heterocycles. The largest absolute Gasteiger partial charge is 0.496 e. The van der Waals surface area contributed by atoms with Gasteiger partial charge < -0.3 is 29.5 Å². The maximum atomic E-state index is 12.4. The van der Waals surface area contributed by atoms with Crippen molar-refractivity contribution in [2.45, 2.75) is 19.3 Å². The van der Waals surface area contributed by atoms with Gasteiger partial charge in [0, 0.05) is 31.3 Å². The number of carbonyl (C=O) groups is 2. The number of ether oxygens (including phenoxy) is 3. The first-order chi connectivity index (χ1) is 13.0. The Balaban J connectivity index is 1.47. The Kier molecular flexibility index (Phi) is 5.62. The number of methoxy groups -OCH3 is 2. The van der Waals surface area contributed by atoms with Gasteiger partial charge in [-0.2, -0.15) is 0 Å². The van der Waals surface area contributed by atoms with Crippen LogP contribution in [0.15, 0.2) is 18.2 Å². The van der Waals surface area contributed by atoms with Crippen LogP contribution in [0.4, 0.5) is 4.79 Å². The molecule has 2 aliphatic rings. The summed E-state index contributed by atoms with van der Waals surface area (Å²) < 4.78 is 16.0. The van der Waals surface area contributed by atoms with Crippen molar-refractivity contribution in [3.63, 3.8) is 0 Å². The molecule has 2 atom stereocenters. The number of fused-ring (bicyclic) bond motifs is 1. The van der Waals surface area contributed by atoms with Crippen LogP contribution in [0.1, 0.15) is 19.3 Å². The van der Waals surface area contributed by atoms with Crippen LogP contribution in [0.25, 0.3) is 0 Å². The van der Waals surface area contributed by atoms with Crippen LogP contribution >= 0.6 is 0 Å². The van der Waals surface area contributed by atoms with Crippen molar-refractivity contribution < 1.29 is 28.9 Å². The van der Waals surface area contributed by atoms with Gasteiger partial charge in [-0.25, -0.2) is 4.79 Å². The van der Waals surface area contributed by atoms with Crippen LogP contribution in [0, 0.1) is 11.3 Å². The number of carboxylic acid groups (broad SMARTS) is 1. The molecular weight excluding hydrogens is 352 g/mol. The fraction of sp³-hybridized carbons (Fsp3) is 0.579. The van der Waals surface area contributed by atoms with Gasteiger partial charge in [-0.1, -0.05) is 6.42 Å². The van der Waals surface area contributed by atoms with Gasteiger partial charge in [0.15, 0.2) is 0 Å². The molecule has 8 heteroatoms. The predicted octanol–water partition coefficient (Wildman–Crippen LogP) is 1.98. The van der Waals surface area contributed by atoms with Crippen LogP contribution in [0.3, 0.4) is 0 Å². The summed E-state index contributed by atoms with van der Waals surface area (Å²) in [6.07, 6.45) is 2.44. The molecule has 1 aromatic carbocycles. The summed E-state index contributed by atoms with van der Waals surface area (Å²) in [6.45, 7) is 1.39. The van der Waals surface area contributed by atoms with Crippen LogP contribution in [-0.4, -0.2) is 62.5 Å². The number of hydrogen-bond acceptors (Lipinski definition) is 5. The minimum Gasteiger partial charge on any atom is -0.496 e. The number of urea groups is 1. The monoisotopic (exact) mass is 378 g/mol. The van der Waals surface area contributed by atoms with Gasteiger partial charge in [-0.3, -0.25) is 4.79 Å². The van der Waals surface area contributed by atoms with E-state index in [1.54, 1.807) is 37.3 Å². The molecule has 0 bridgehead atoms. The molecule has 1 saturated heterocycles. The topological polar surface area (TPSA) is 97.3 Å². The number of benzene rings is 1. The lowest BCUT2D eigenvalue weighted by Crippen LogP contribution is -2.42. The van der Waals surface area contributed by atoms with Gasteiger partial charge in [0.05, 0.1) is 26.2 Å². The predicted molar refractivity (Wildman–Crippen MR) is 97.4 cm³/mol. The molecule has 2 fully saturated rings.